The average Bonchev–Trinajstić information content (AvgIpc) is 2.68. The number of hydrogen-bond acceptors (Lipinski definition) is 4. The third-order valence-electron chi connectivity index (χ3n) is 5.84. The van der Waals surface area contributed by atoms with Gasteiger partial charge in [-0.3, -0.25) is 0 Å². The molecule has 5 heteroatoms. The number of benzene rings is 2. The molecule has 3 unspecified atom stereocenters. The van der Waals surface area contributed by atoms with E-state index >= 15 is 0 Å². The molecule has 0 saturated heterocycles. The molecule has 0 amide bonds. The lowest BCUT2D eigenvalue weighted by atomic mass is 9.83. The molecule has 1 fully saturated rings. The van der Waals surface area contributed by atoms with Crippen molar-refractivity contribution in [3.8, 4) is 5.75 Å². The zero-order valence-corrected chi connectivity index (χ0v) is 17.5. The number of ether oxygens (including phenoxy) is 1. The van der Waals surface area contributed by atoms with Gasteiger partial charge in [0.15, 0.2) is 0 Å². The predicted molar refractivity (Wildman–Crippen MR) is 110 cm³/mol. The van der Waals surface area contributed by atoms with Crippen molar-refractivity contribution in [3.63, 3.8) is 0 Å². The lowest BCUT2D eigenvalue weighted by Gasteiger charge is -2.30. The Labute approximate surface area is 168 Å². The quantitative estimate of drug-likeness (QED) is 0.592. The first-order valence-electron chi connectivity index (χ1n) is 10.2. The highest BCUT2D eigenvalue weighted by Gasteiger charge is 2.23. The van der Waals surface area contributed by atoms with Gasteiger partial charge in [-0.25, -0.2) is 8.42 Å². The number of hydrogen-bond donors (Lipinski definition) is 0. The van der Waals surface area contributed by atoms with Gasteiger partial charge in [0, 0.05) is 0 Å². The number of rotatable bonds is 7. The van der Waals surface area contributed by atoms with Gasteiger partial charge in [0.05, 0.1) is 11.0 Å². The summed E-state index contributed by atoms with van der Waals surface area (Å²) in [5.41, 5.74) is 2.41. The van der Waals surface area contributed by atoms with Crippen molar-refractivity contribution in [1.29, 1.82) is 0 Å². The van der Waals surface area contributed by atoms with Gasteiger partial charge in [0.1, 0.15) is 15.9 Å². The van der Waals surface area contributed by atoms with Crippen LogP contribution in [-0.2, 0) is 16.5 Å². The fourth-order valence-electron chi connectivity index (χ4n) is 3.96. The van der Waals surface area contributed by atoms with Gasteiger partial charge in [-0.05, 0) is 85.8 Å². The van der Waals surface area contributed by atoms with E-state index in [0.717, 1.165) is 49.8 Å². The van der Waals surface area contributed by atoms with Crippen molar-refractivity contribution in [2.24, 2.45) is 5.92 Å². The summed E-state index contributed by atoms with van der Waals surface area (Å²) in [5.74, 6) is 2.01. The normalized spacial score (nSPS) is 21.2. The van der Waals surface area contributed by atoms with Crippen molar-refractivity contribution >= 4 is 10.1 Å². The molecular weight excluding hydrogens is 372 g/mol. The fraction of sp³-hybridized carbons (Fsp3) is 0.478. The smallest absolute Gasteiger partial charge is 0.124 e. The molecule has 0 aromatic heterocycles. The first kappa shape index (κ1) is 20.9. The second-order valence-corrected chi connectivity index (χ2v) is 9.33. The molecule has 0 heterocycles. The first-order valence-corrected chi connectivity index (χ1v) is 11.6. The van der Waals surface area contributed by atoms with E-state index in [1.54, 1.807) is 12.1 Å². The summed E-state index contributed by atoms with van der Waals surface area (Å²) in [7, 11) is -4.38. The molecular formula is C23H29O4S-. The summed E-state index contributed by atoms with van der Waals surface area (Å²) in [6, 6.07) is 14.8. The minimum absolute atomic E-state index is 0.165. The topological polar surface area (TPSA) is 66.4 Å². The third-order valence-corrected chi connectivity index (χ3v) is 6.68. The Balaban J connectivity index is 1.56. The second kappa shape index (κ2) is 9.10. The maximum Gasteiger partial charge on any atom is 0.124 e. The van der Waals surface area contributed by atoms with Crippen LogP contribution in [0.15, 0.2) is 53.4 Å². The van der Waals surface area contributed by atoms with Gasteiger partial charge in [0.25, 0.3) is 0 Å². The largest absolute Gasteiger partial charge is 0.744 e. The van der Waals surface area contributed by atoms with Gasteiger partial charge in [-0.1, -0.05) is 38.1 Å². The minimum atomic E-state index is -4.38. The lowest BCUT2D eigenvalue weighted by molar-refractivity contribution is 0.123. The van der Waals surface area contributed by atoms with Crippen molar-refractivity contribution in [2.45, 2.75) is 69.3 Å². The lowest BCUT2D eigenvalue weighted by Crippen LogP contribution is -2.26. The maximum atomic E-state index is 11.1. The molecule has 1 saturated carbocycles. The van der Waals surface area contributed by atoms with Crippen LogP contribution in [-0.4, -0.2) is 19.1 Å². The van der Waals surface area contributed by atoms with Crippen molar-refractivity contribution in [1.82, 2.24) is 0 Å². The van der Waals surface area contributed by atoms with Gasteiger partial charge in [0.2, 0.25) is 0 Å². The van der Waals surface area contributed by atoms with Crippen LogP contribution < -0.4 is 4.74 Å². The van der Waals surface area contributed by atoms with E-state index in [4.69, 9.17) is 4.74 Å². The van der Waals surface area contributed by atoms with E-state index in [0.29, 0.717) is 11.8 Å². The van der Waals surface area contributed by atoms with Gasteiger partial charge in [-0.2, -0.15) is 0 Å². The molecule has 28 heavy (non-hydrogen) atoms. The SMILES string of the molecule is CCC(C)c1ccc(OC2CCCC(Cc3ccc(S(=O)(=O)[O-])cc3)C2)cc1. The van der Waals surface area contributed by atoms with Crippen LogP contribution in [0.1, 0.15) is 63.0 Å². The molecule has 152 valence electrons. The van der Waals surface area contributed by atoms with Gasteiger partial charge in [-0.15, -0.1) is 0 Å². The fourth-order valence-corrected chi connectivity index (χ4v) is 4.43. The van der Waals surface area contributed by atoms with E-state index in [1.165, 1.54) is 17.7 Å². The highest BCUT2D eigenvalue weighted by atomic mass is 32.2. The molecule has 2 aromatic carbocycles. The van der Waals surface area contributed by atoms with Crippen LogP contribution in [0, 0.1) is 5.92 Å². The van der Waals surface area contributed by atoms with Crippen LogP contribution in [0.4, 0.5) is 0 Å². The third kappa shape index (κ3) is 5.58. The molecule has 0 N–H and O–H groups in total. The second-order valence-electron chi connectivity index (χ2n) is 7.95. The van der Waals surface area contributed by atoms with Crippen molar-refractivity contribution in [3.05, 3.63) is 59.7 Å². The van der Waals surface area contributed by atoms with E-state index < -0.39 is 10.1 Å². The molecule has 3 rings (SSSR count). The predicted octanol–water partition coefficient (Wildman–Crippen LogP) is 5.28. The first-order chi connectivity index (χ1) is 13.3. The summed E-state index contributed by atoms with van der Waals surface area (Å²) in [5, 5.41) is 0. The zero-order chi connectivity index (χ0) is 20.1. The molecule has 1 aliphatic carbocycles. The Morgan fingerprint density at radius 3 is 2.36 bits per heavy atom. The van der Waals surface area contributed by atoms with E-state index in [1.807, 2.05) is 0 Å². The summed E-state index contributed by atoms with van der Waals surface area (Å²) >= 11 is 0. The summed E-state index contributed by atoms with van der Waals surface area (Å²) < 4.78 is 39.4. The highest BCUT2D eigenvalue weighted by Crippen LogP contribution is 2.31. The van der Waals surface area contributed by atoms with Crippen LogP contribution >= 0.6 is 0 Å². The molecule has 0 spiro atoms. The minimum Gasteiger partial charge on any atom is -0.744 e. The summed E-state index contributed by atoms with van der Waals surface area (Å²) in [6.07, 6.45) is 6.57. The standard InChI is InChI=1S/C23H30O4S/c1-3-17(2)20-9-11-21(12-10-20)27-22-6-4-5-19(16-22)15-18-7-13-23(14-8-18)28(24,25)26/h7-14,17,19,22H,3-6,15-16H2,1-2H3,(H,24,25,26)/p-1. The maximum absolute atomic E-state index is 11.1. The summed E-state index contributed by atoms with van der Waals surface area (Å²) in [6.45, 7) is 4.44. The summed E-state index contributed by atoms with van der Waals surface area (Å²) in [4.78, 5) is -0.165. The Kier molecular flexibility index (Phi) is 6.78. The zero-order valence-electron chi connectivity index (χ0n) is 16.6. The molecule has 0 radical (unpaired) electrons. The molecule has 0 bridgehead atoms. The highest BCUT2D eigenvalue weighted by molar-refractivity contribution is 7.85. The van der Waals surface area contributed by atoms with Crippen molar-refractivity contribution < 1.29 is 17.7 Å². The monoisotopic (exact) mass is 401 g/mol. The van der Waals surface area contributed by atoms with Crippen LogP contribution in [0.25, 0.3) is 0 Å². The van der Waals surface area contributed by atoms with Gasteiger partial charge < -0.3 is 9.29 Å². The van der Waals surface area contributed by atoms with Gasteiger partial charge >= 0.3 is 0 Å². The van der Waals surface area contributed by atoms with E-state index in [9.17, 15) is 13.0 Å². The Morgan fingerprint density at radius 1 is 1.07 bits per heavy atom. The Bertz CT molecular complexity index is 856. The van der Waals surface area contributed by atoms with E-state index in [2.05, 4.69) is 38.1 Å². The molecule has 3 atom stereocenters. The Hall–Kier alpha value is -1.85. The van der Waals surface area contributed by atoms with Crippen LogP contribution in [0.3, 0.4) is 0 Å². The average molecular weight is 402 g/mol. The molecule has 0 aliphatic heterocycles. The van der Waals surface area contributed by atoms with Crippen molar-refractivity contribution in [2.75, 3.05) is 0 Å². The van der Waals surface area contributed by atoms with Crippen LogP contribution in [0.2, 0.25) is 0 Å². The molecule has 2 aromatic rings. The van der Waals surface area contributed by atoms with E-state index in [-0.39, 0.29) is 11.0 Å². The molecule has 1 aliphatic rings. The molecule has 4 nitrogen and oxygen atoms in total. The van der Waals surface area contributed by atoms with Crippen LogP contribution in [0.5, 0.6) is 5.75 Å². The Morgan fingerprint density at radius 2 is 1.75 bits per heavy atom.